The van der Waals surface area contributed by atoms with Crippen molar-refractivity contribution < 1.29 is 0 Å². The van der Waals surface area contributed by atoms with Gasteiger partial charge in [0, 0.05) is 36.5 Å². The Morgan fingerprint density at radius 2 is 2.36 bits per heavy atom. The maximum absolute atomic E-state index is 5.11. The maximum Gasteiger partial charge on any atom is 0.197 e. The summed E-state index contributed by atoms with van der Waals surface area (Å²) in [5, 5.41) is 3.37. The fraction of sp³-hybridized carbons (Fsp3) is 0.600. The fourth-order valence-corrected chi connectivity index (χ4v) is 2.12. The number of H-pyrrole nitrogens is 1. The summed E-state index contributed by atoms with van der Waals surface area (Å²) in [6, 6.07) is 0. The van der Waals surface area contributed by atoms with E-state index < -0.39 is 0 Å². The highest BCUT2D eigenvalue weighted by molar-refractivity contribution is 7.71. The molecule has 2 N–H and O–H groups in total. The van der Waals surface area contributed by atoms with Crippen molar-refractivity contribution in [3.05, 3.63) is 21.7 Å². The second-order valence-electron chi connectivity index (χ2n) is 3.62. The van der Waals surface area contributed by atoms with Gasteiger partial charge in [-0.1, -0.05) is 13.3 Å². The number of hydrogen-bond acceptors (Lipinski definition) is 3. The quantitative estimate of drug-likeness (QED) is 0.729. The van der Waals surface area contributed by atoms with Gasteiger partial charge in [0.15, 0.2) is 4.77 Å². The predicted octanol–water partition coefficient (Wildman–Crippen LogP) is 1.74. The zero-order valence-corrected chi connectivity index (χ0v) is 9.21. The number of nitrogens with one attached hydrogen (secondary N) is 2. The number of hydrogen-bond donors (Lipinski definition) is 2. The van der Waals surface area contributed by atoms with Crippen LogP contribution in [0.15, 0.2) is 0 Å². The molecule has 0 bridgehead atoms. The third-order valence-corrected chi connectivity index (χ3v) is 2.74. The van der Waals surface area contributed by atoms with Crippen LogP contribution in [0.2, 0.25) is 0 Å². The van der Waals surface area contributed by atoms with Crippen molar-refractivity contribution in [3.8, 4) is 0 Å². The molecule has 4 heteroatoms. The van der Waals surface area contributed by atoms with Crippen molar-refractivity contribution in [1.29, 1.82) is 0 Å². The SMILES string of the molecule is CCCc1nc(=S)[nH]c2c1CNCC2. The lowest BCUT2D eigenvalue weighted by molar-refractivity contribution is 0.612. The van der Waals surface area contributed by atoms with Gasteiger partial charge >= 0.3 is 0 Å². The number of nitrogens with zero attached hydrogens (tertiary/aromatic N) is 1. The first kappa shape index (κ1) is 9.80. The lowest BCUT2D eigenvalue weighted by Crippen LogP contribution is -2.26. The summed E-state index contributed by atoms with van der Waals surface area (Å²) >= 11 is 5.11. The molecule has 0 fully saturated rings. The highest BCUT2D eigenvalue weighted by atomic mass is 32.1. The Morgan fingerprint density at radius 3 is 3.14 bits per heavy atom. The van der Waals surface area contributed by atoms with E-state index in [0.717, 1.165) is 32.4 Å². The first-order valence-corrected chi connectivity index (χ1v) is 5.53. The van der Waals surface area contributed by atoms with E-state index in [2.05, 4.69) is 22.2 Å². The topological polar surface area (TPSA) is 40.7 Å². The Bertz CT molecular complexity index is 383. The van der Waals surface area contributed by atoms with Crippen LogP contribution in [0.5, 0.6) is 0 Å². The largest absolute Gasteiger partial charge is 0.334 e. The Hall–Kier alpha value is -0.740. The highest BCUT2D eigenvalue weighted by Gasteiger charge is 2.13. The third kappa shape index (κ3) is 1.86. The van der Waals surface area contributed by atoms with Crippen LogP contribution < -0.4 is 5.32 Å². The first-order chi connectivity index (χ1) is 6.81. The molecule has 0 radical (unpaired) electrons. The van der Waals surface area contributed by atoms with Crippen LogP contribution in [0, 0.1) is 4.77 Å². The summed E-state index contributed by atoms with van der Waals surface area (Å²) < 4.78 is 0.633. The minimum absolute atomic E-state index is 0.633. The molecule has 0 aromatic carbocycles. The van der Waals surface area contributed by atoms with Gasteiger partial charge < -0.3 is 10.3 Å². The average Bonchev–Trinajstić information content (AvgIpc) is 2.18. The van der Waals surface area contributed by atoms with E-state index >= 15 is 0 Å². The zero-order chi connectivity index (χ0) is 9.97. The first-order valence-electron chi connectivity index (χ1n) is 5.13. The van der Waals surface area contributed by atoms with Crippen LogP contribution in [0.1, 0.15) is 30.3 Å². The van der Waals surface area contributed by atoms with Crippen LogP contribution in [-0.4, -0.2) is 16.5 Å². The van der Waals surface area contributed by atoms with Crippen molar-refractivity contribution in [2.45, 2.75) is 32.7 Å². The molecular formula is C10H15N3S. The van der Waals surface area contributed by atoms with Crippen molar-refractivity contribution in [2.75, 3.05) is 6.54 Å². The molecule has 2 rings (SSSR count). The van der Waals surface area contributed by atoms with Gasteiger partial charge in [-0.2, -0.15) is 0 Å². The van der Waals surface area contributed by atoms with Gasteiger partial charge in [0.25, 0.3) is 0 Å². The molecule has 0 atom stereocenters. The smallest absolute Gasteiger partial charge is 0.197 e. The molecule has 0 amide bonds. The number of aryl methyl sites for hydroxylation is 1. The predicted molar refractivity (Wildman–Crippen MR) is 58.8 cm³/mol. The lowest BCUT2D eigenvalue weighted by atomic mass is 10.0. The normalized spacial score (nSPS) is 15.2. The minimum atomic E-state index is 0.633. The van der Waals surface area contributed by atoms with Crippen molar-refractivity contribution in [1.82, 2.24) is 15.3 Å². The molecule has 76 valence electrons. The van der Waals surface area contributed by atoms with Crippen LogP contribution in [0.4, 0.5) is 0 Å². The van der Waals surface area contributed by atoms with E-state index in [1.807, 2.05) is 0 Å². The van der Waals surface area contributed by atoms with Gasteiger partial charge in [-0.05, 0) is 18.6 Å². The lowest BCUT2D eigenvalue weighted by Gasteiger charge is -2.19. The fourth-order valence-electron chi connectivity index (χ4n) is 1.89. The Morgan fingerprint density at radius 1 is 1.50 bits per heavy atom. The molecular weight excluding hydrogens is 194 g/mol. The summed E-state index contributed by atoms with van der Waals surface area (Å²) in [6.45, 7) is 4.14. The maximum atomic E-state index is 5.11. The van der Waals surface area contributed by atoms with Crippen molar-refractivity contribution in [3.63, 3.8) is 0 Å². The summed E-state index contributed by atoms with van der Waals surface area (Å²) in [7, 11) is 0. The van der Waals surface area contributed by atoms with E-state index in [9.17, 15) is 0 Å². The standard InChI is InChI=1S/C10H15N3S/c1-2-3-8-7-6-11-5-4-9(7)13-10(14)12-8/h11H,2-6H2,1H3,(H,12,13,14). The molecule has 1 aliphatic rings. The van der Waals surface area contributed by atoms with E-state index in [1.165, 1.54) is 17.0 Å². The second kappa shape index (κ2) is 4.19. The summed E-state index contributed by atoms with van der Waals surface area (Å²) in [5.41, 5.74) is 3.80. The van der Waals surface area contributed by atoms with E-state index in [1.54, 1.807) is 0 Å². The van der Waals surface area contributed by atoms with Gasteiger partial charge in [-0.3, -0.25) is 0 Å². The molecule has 1 aromatic heterocycles. The molecule has 3 nitrogen and oxygen atoms in total. The van der Waals surface area contributed by atoms with Gasteiger partial charge in [-0.15, -0.1) is 0 Å². The highest BCUT2D eigenvalue weighted by Crippen LogP contribution is 2.15. The van der Waals surface area contributed by atoms with Gasteiger partial charge in [0.1, 0.15) is 0 Å². The Kier molecular flexibility index (Phi) is 2.93. The molecule has 0 aliphatic carbocycles. The molecule has 0 spiro atoms. The summed E-state index contributed by atoms with van der Waals surface area (Å²) in [5.74, 6) is 0. The number of rotatable bonds is 2. The second-order valence-corrected chi connectivity index (χ2v) is 4.01. The molecule has 14 heavy (non-hydrogen) atoms. The average molecular weight is 209 g/mol. The summed E-state index contributed by atoms with van der Waals surface area (Å²) in [4.78, 5) is 7.59. The van der Waals surface area contributed by atoms with Crippen LogP contribution in [0.3, 0.4) is 0 Å². The Labute approximate surface area is 89.0 Å². The molecule has 0 saturated carbocycles. The zero-order valence-electron chi connectivity index (χ0n) is 8.39. The van der Waals surface area contributed by atoms with E-state index in [0.29, 0.717) is 4.77 Å². The van der Waals surface area contributed by atoms with E-state index in [4.69, 9.17) is 12.2 Å². The summed E-state index contributed by atoms with van der Waals surface area (Å²) in [6.07, 6.45) is 3.19. The molecule has 1 aliphatic heterocycles. The van der Waals surface area contributed by atoms with Gasteiger partial charge in [0.05, 0.1) is 0 Å². The number of aromatic amines is 1. The Balaban J connectivity index is 2.47. The molecule has 2 heterocycles. The molecule has 0 saturated heterocycles. The van der Waals surface area contributed by atoms with Gasteiger partial charge in [0.2, 0.25) is 0 Å². The molecule has 1 aromatic rings. The van der Waals surface area contributed by atoms with Crippen LogP contribution in [-0.2, 0) is 19.4 Å². The van der Waals surface area contributed by atoms with Gasteiger partial charge in [-0.25, -0.2) is 4.98 Å². The van der Waals surface area contributed by atoms with Crippen molar-refractivity contribution >= 4 is 12.2 Å². The minimum Gasteiger partial charge on any atom is -0.334 e. The third-order valence-electron chi connectivity index (χ3n) is 2.55. The van der Waals surface area contributed by atoms with E-state index in [-0.39, 0.29) is 0 Å². The number of aromatic nitrogens is 2. The van der Waals surface area contributed by atoms with Crippen LogP contribution >= 0.6 is 12.2 Å². The molecule has 0 unspecified atom stereocenters. The van der Waals surface area contributed by atoms with Crippen LogP contribution in [0.25, 0.3) is 0 Å². The monoisotopic (exact) mass is 209 g/mol. The number of fused-ring (bicyclic) bond motifs is 1. The van der Waals surface area contributed by atoms with Crippen molar-refractivity contribution in [2.24, 2.45) is 0 Å².